The SMILES string of the molecule is CN(Cc1ccc(Oc2ccccc2)cc1)C(=O)Cn1cc(NC(=O)CCC(=O)c2ccccc2)cn1. The Labute approximate surface area is 215 Å². The van der Waals surface area contributed by atoms with Gasteiger partial charge in [-0.15, -0.1) is 0 Å². The van der Waals surface area contributed by atoms with E-state index < -0.39 is 0 Å². The van der Waals surface area contributed by atoms with E-state index in [1.807, 2.05) is 60.7 Å². The summed E-state index contributed by atoms with van der Waals surface area (Å²) in [5, 5.41) is 6.89. The van der Waals surface area contributed by atoms with Gasteiger partial charge in [-0.25, -0.2) is 0 Å². The van der Waals surface area contributed by atoms with E-state index in [9.17, 15) is 14.4 Å². The summed E-state index contributed by atoms with van der Waals surface area (Å²) in [6.45, 7) is 0.471. The number of nitrogens with one attached hydrogen (secondary N) is 1. The number of carbonyl (C=O) groups is 3. The molecular weight excluding hydrogens is 468 g/mol. The normalized spacial score (nSPS) is 10.5. The quantitative estimate of drug-likeness (QED) is 0.297. The summed E-state index contributed by atoms with van der Waals surface area (Å²) < 4.78 is 7.28. The highest BCUT2D eigenvalue weighted by atomic mass is 16.5. The van der Waals surface area contributed by atoms with Crippen molar-refractivity contribution >= 4 is 23.3 Å². The molecule has 0 atom stereocenters. The number of aromatic nitrogens is 2. The monoisotopic (exact) mass is 496 g/mol. The molecule has 0 saturated carbocycles. The molecule has 0 aliphatic rings. The second-order valence-corrected chi connectivity index (χ2v) is 8.57. The van der Waals surface area contributed by atoms with Crippen LogP contribution in [0.2, 0.25) is 0 Å². The van der Waals surface area contributed by atoms with Crippen LogP contribution in [0.15, 0.2) is 97.3 Å². The molecule has 8 nitrogen and oxygen atoms in total. The highest BCUT2D eigenvalue weighted by Crippen LogP contribution is 2.21. The number of hydrogen-bond donors (Lipinski definition) is 1. The number of rotatable bonds is 11. The molecule has 0 bridgehead atoms. The van der Waals surface area contributed by atoms with Crippen molar-refractivity contribution in [3.63, 3.8) is 0 Å². The maximum Gasteiger partial charge on any atom is 0.244 e. The van der Waals surface area contributed by atoms with Gasteiger partial charge in [-0.05, 0) is 29.8 Å². The Morgan fingerprint density at radius 1 is 0.865 bits per heavy atom. The first-order chi connectivity index (χ1) is 18.0. The summed E-state index contributed by atoms with van der Waals surface area (Å²) >= 11 is 0. The molecule has 188 valence electrons. The minimum Gasteiger partial charge on any atom is -0.457 e. The summed E-state index contributed by atoms with van der Waals surface area (Å²) in [6, 6.07) is 26.0. The fourth-order valence-electron chi connectivity index (χ4n) is 3.64. The number of ether oxygens (including phenoxy) is 1. The second-order valence-electron chi connectivity index (χ2n) is 8.57. The van der Waals surface area contributed by atoms with Crippen LogP contribution in [0.5, 0.6) is 11.5 Å². The minimum atomic E-state index is -0.285. The highest BCUT2D eigenvalue weighted by Gasteiger charge is 2.13. The number of likely N-dealkylation sites (N-methyl/N-ethyl adjacent to an activating group) is 1. The molecule has 1 N–H and O–H groups in total. The van der Waals surface area contributed by atoms with Gasteiger partial charge in [0.05, 0.1) is 11.9 Å². The molecule has 0 aliphatic carbocycles. The second kappa shape index (κ2) is 12.3. The molecule has 0 radical (unpaired) electrons. The van der Waals surface area contributed by atoms with Gasteiger partial charge in [0.2, 0.25) is 11.8 Å². The molecule has 1 heterocycles. The Hall–Kier alpha value is -4.72. The molecule has 37 heavy (non-hydrogen) atoms. The van der Waals surface area contributed by atoms with E-state index in [2.05, 4.69) is 10.4 Å². The molecule has 0 fully saturated rings. The van der Waals surface area contributed by atoms with Crippen molar-refractivity contribution in [3.05, 3.63) is 108 Å². The van der Waals surface area contributed by atoms with Crippen molar-refractivity contribution in [2.24, 2.45) is 0 Å². The van der Waals surface area contributed by atoms with E-state index in [1.54, 1.807) is 42.4 Å². The zero-order valence-electron chi connectivity index (χ0n) is 20.5. The van der Waals surface area contributed by atoms with E-state index in [4.69, 9.17) is 4.74 Å². The first-order valence-corrected chi connectivity index (χ1v) is 11.9. The fourth-order valence-corrected chi connectivity index (χ4v) is 3.64. The maximum atomic E-state index is 12.7. The number of hydrogen-bond acceptors (Lipinski definition) is 5. The van der Waals surface area contributed by atoms with Crippen molar-refractivity contribution in [1.82, 2.24) is 14.7 Å². The number of ketones is 1. The topological polar surface area (TPSA) is 93.5 Å². The lowest BCUT2D eigenvalue weighted by Crippen LogP contribution is -2.29. The third kappa shape index (κ3) is 7.63. The van der Waals surface area contributed by atoms with Crippen LogP contribution in [-0.4, -0.2) is 39.3 Å². The zero-order chi connectivity index (χ0) is 26.0. The molecule has 0 spiro atoms. The van der Waals surface area contributed by atoms with Crippen LogP contribution in [0.3, 0.4) is 0 Å². The van der Waals surface area contributed by atoms with Gasteiger partial charge in [0.1, 0.15) is 18.0 Å². The van der Waals surface area contributed by atoms with E-state index in [0.29, 0.717) is 17.8 Å². The average molecular weight is 497 g/mol. The predicted molar refractivity (Wildman–Crippen MR) is 140 cm³/mol. The average Bonchev–Trinajstić information content (AvgIpc) is 3.35. The van der Waals surface area contributed by atoms with Gasteiger partial charge in [0.25, 0.3) is 0 Å². The smallest absolute Gasteiger partial charge is 0.244 e. The maximum absolute atomic E-state index is 12.7. The number of nitrogens with zero attached hydrogens (tertiary/aromatic N) is 3. The Morgan fingerprint density at radius 3 is 2.22 bits per heavy atom. The third-order valence-electron chi connectivity index (χ3n) is 5.64. The molecule has 4 aromatic rings. The number of benzene rings is 3. The number of amides is 2. The van der Waals surface area contributed by atoms with E-state index in [0.717, 1.165) is 17.1 Å². The lowest BCUT2D eigenvalue weighted by Gasteiger charge is -2.17. The van der Waals surface area contributed by atoms with Crippen LogP contribution in [0.4, 0.5) is 5.69 Å². The lowest BCUT2D eigenvalue weighted by atomic mass is 10.1. The van der Waals surface area contributed by atoms with Gasteiger partial charge in [0.15, 0.2) is 5.78 Å². The van der Waals surface area contributed by atoms with Crippen LogP contribution >= 0.6 is 0 Å². The molecule has 0 aliphatic heterocycles. The van der Waals surface area contributed by atoms with Crippen LogP contribution in [0, 0.1) is 0 Å². The Morgan fingerprint density at radius 2 is 1.51 bits per heavy atom. The summed E-state index contributed by atoms with van der Waals surface area (Å²) in [6.07, 6.45) is 3.26. The van der Waals surface area contributed by atoms with Crippen LogP contribution in [0.1, 0.15) is 28.8 Å². The van der Waals surface area contributed by atoms with E-state index >= 15 is 0 Å². The zero-order valence-corrected chi connectivity index (χ0v) is 20.5. The summed E-state index contributed by atoms with van der Waals surface area (Å²) in [5.41, 5.74) is 2.03. The van der Waals surface area contributed by atoms with Gasteiger partial charge in [-0.1, -0.05) is 60.7 Å². The number of Topliss-reactive ketones (excluding diaryl/α,β-unsaturated/α-hetero) is 1. The number of anilines is 1. The fraction of sp³-hybridized carbons (Fsp3) is 0.172. The Bertz CT molecular complexity index is 1340. The van der Waals surface area contributed by atoms with Gasteiger partial charge < -0.3 is 15.0 Å². The molecule has 1 aromatic heterocycles. The van der Waals surface area contributed by atoms with Crippen molar-refractivity contribution in [2.75, 3.05) is 12.4 Å². The van der Waals surface area contributed by atoms with E-state index in [-0.39, 0.29) is 37.0 Å². The standard InChI is InChI=1S/C29H28N4O4/c1-32(19-22-12-14-26(15-13-22)37-25-10-6-3-7-11-25)29(36)21-33-20-24(18-30-33)31-28(35)17-16-27(34)23-8-4-2-5-9-23/h2-15,18,20H,16-17,19,21H2,1H3,(H,31,35). The largest absolute Gasteiger partial charge is 0.457 e. The van der Waals surface area contributed by atoms with Crippen molar-refractivity contribution < 1.29 is 19.1 Å². The molecular formula is C29H28N4O4. The molecule has 2 amide bonds. The molecule has 0 unspecified atom stereocenters. The third-order valence-corrected chi connectivity index (χ3v) is 5.64. The molecule has 0 saturated heterocycles. The lowest BCUT2D eigenvalue weighted by molar-refractivity contribution is -0.131. The first kappa shape index (κ1) is 25.4. The van der Waals surface area contributed by atoms with Gasteiger partial charge in [-0.2, -0.15) is 5.10 Å². The van der Waals surface area contributed by atoms with Crippen molar-refractivity contribution in [1.29, 1.82) is 0 Å². The van der Waals surface area contributed by atoms with Crippen LogP contribution in [-0.2, 0) is 22.7 Å². The van der Waals surface area contributed by atoms with E-state index in [1.165, 1.54) is 10.9 Å². The Balaban J connectivity index is 1.22. The van der Waals surface area contributed by atoms with Crippen LogP contribution in [0.25, 0.3) is 0 Å². The molecule has 8 heteroatoms. The number of para-hydroxylation sites is 1. The summed E-state index contributed by atoms with van der Waals surface area (Å²) in [4.78, 5) is 38.7. The molecule has 3 aromatic carbocycles. The van der Waals surface area contributed by atoms with Crippen molar-refractivity contribution in [2.45, 2.75) is 25.9 Å². The predicted octanol–water partition coefficient (Wildman–Crippen LogP) is 4.94. The van der Waals surface area contributed by atoms with Crippen LogP contribution < -0.4 is 10.1 Å². The first-order valence-electron chi connectivity index (χ1n) is 11.9. The van der Waals surface area contributed by atoms with Gasteiger partial charge >= 0.3 is 0 Å². The van der Waals surface area contributed by atoms with Crippen molar-refractivity contribution in [3.8, 4) is 11.5 Å². The minimum absolute atomic E-state index is 0.0358. The summed E-state index contributed by atoms with van der Waals surface area (Å²) in [5.74, 6) is 0.988. The van der Waals surface area contributed by atoms with Gasteiger partial charge in [-0.3, -0.25) is 19.1 Å². The highest BCUT2D eigenvalue weighted by molar-refractivity contribution is 5.99. The molecule has 4 rings (SSSR count). The van der Waals surface area contributed by atoms with Gasteiger partial charge in [0, 0.05) is 38.2 Å². The number of carbonyl (C=O) groups excluding carboxylic acids is 3. The Kier molecular flexibility index (Phi) is 8.44. The summed E-state index contributed by atoms with van der Waals surface area (Å²) in [7, 11) is 1.73.